The van der Waals surface area contributed by atoms with Crippen LogP contribution in [0, 0.1) is 12.8 Å². The third-order valence-corrected chi connectivity index (χ3v) is 2.94. The van der Waals surface area contributed by atoms with Gasteiger partial charge < -0.3 is 11.1 Å². The highest BCUT2D eigenvalue weighted by atomic mass is 16.1. The molecule has 2 atom stereocenters. The van der Waals surface area contributed by atoms with Gasteiger partial charge in [-0.3, -0.25) is 9.78 Å². The van der Waals surface area contributed by atoms with Gasteiger partial charge in [-0.2, -0.15) is 0 Å². The summed E-state index contributed by atoms with van der Waals surface area (Å²) >= 11 is 0. The van der Waals surface area contributed by atoms with E-state index in [0.29, 0.717) is 6.54 Å². The van der Waals surface area contributed by atoms with Crippen molar-refractivity contribution in [3.05, 3.63) is 29.6 Å². The van der Waals surface area contributed by atoms with Crippen molar-refractivity contribution in [2.24, 2.45) is 11.7 Å². The number of nitrogens with one attached hydrogen (secondary N) is 1. The highest BCUT2D eigenvalue weighted by Crippen LogP contribution is 2.27. The molecule has 4 nitrogen and oxygen atoms in total. The summed E-state index contributed by atoms with van der Waals surface area (Å²) in [7, 11) is 0. The molecule has 2 heterocycles. The van der Waals surface area contributed by atoms with Crippen LogP contribution in [0.25, 0.3) is 0 Å². The molecule has 2 rings (SSSR count). The monoisotopic (exact) mass is 205 g/mol. The number of rotatable bonds is 2. The SMILES string of the molecule is Cc1ccc(C2CNCC2C(N)=O)cn1. The number of aryl methyl sites for hydroxylation is 1. The quantitative estimate of drug-likeness (QED) is 0.723. The van der Waals surface area contributed by atoms with E-state index < -0.39 is 0 Å². The van der Waals surface area contributed by atoms with Gasteiger partial charge in [0, 0.05) is 30.9 Å². The van der Waals surface area contributed by atoms with Gasteiger partial charge in [-0.25, -0.2) is 0 Å². The van der Waals surface area contributed by atoms with Crippen LogP contribution in [0.5, 0.6) is 0 Å². The van der Waals surface area contributed by atoms with E-state index in [2.05, 4.69) is 10.3 Å². The summed E-state index contributed by atoms with van der Waals surface area (Å²) in [6.07, 6.45) is 1.84. The summed E-state index contributed by atoms with van der Waals surface area (Å²) in [4.78, 5) is 15.5. The zero-order chi connectivity index (χ0) is 10.8. The van der Waals surface area contributed by atoms with Gasteiger partial charge in [0.05, 0.1) is 5.92 Å². The molecule has 1 aromatic rings. The largest absolute Gasteiger partial charge is 0.369 e. The molecule has 80 valence electrons. The summed E-state index contributed by atoms with van der Waals surface area (Å²) in [5, 5.41) is 3.19. The maximum atomic E-state index is 11.2. The van der Waals surface area contributed by atoms with Gasteiger partial charge in [0.25, 0.3) is 0 Å². The second-order valence-electron chi connectivity index (χ2n) is 4.01. The Kier molecular flexibility index (Phi) is 2.68. The molecular formula is C11H15N3O. The molecule has 3 N–H and O–H groups in total. The van der Waals surface area contributed by atoms with E-state index in [-0.39, 0.29) is 17.7 Å². The van der Waals surface area contributed by atoms with Crippen LogP contribution in [0.1, 0.15) is 17.2 Å². The minimum absolute atomic E-state index is 0.102. The van der Waals surface area contributed by atoms with Crippen LogP contribution in [0.3, 0.4) is 0 Å². The van der Waals surface area contributed by atoms with Gasteiger partial charge in [-0.05, 0) is 18.6 Å². The Morgan fingerprint density at radius 2 is 2.33 bits per heavy atom. The predicted molar refractivity (Wildman–Crippen MR) is 57.3 cm³/mol. The van der Waals surface area contributed by atoms with Crippen molar-refractivity contribution in [2.45, 2.75) is 12.8 Å². The summed E-state index contributed by atoms with van der Waals surface area (Å²) in [6.45, 7) is 3.43. The summed E-state index contributed by atoms with van der Waals surface area (Å²) in [6, 6.07) is 3.99. The van der Waals surface area contributed by atoms with E-state index >= 15 is 0 Å². The molecule has 1 amide bonds. The first-order chi connectivity index (χ1) is 7.18. The number of carbonyl (C=O) groups excluding carboxylic acids is 1. The lowest BCUT2D eigenvalue weighted by molar-refractivity contribution is -0.121. The van der Waals surface area contributed by atoms with Crippen LogP contribution in [0.2, 0.25) is 0 Å². The molecule has 0 radical (unpaired) electrons. The molecule has 1 saturated heterocycles. The molecule has 0 spiro atoms. The Labute approximate surface area is 88.9 Å². The van der Waals surface area contributed by atoms with Gasteiger partial charge in [0.1, 0.15) is 0 Å². The maximum Gasteiger partial charge on any atom is 0.222 e. The van der Waals surface area contributed by atoms with E-state index in [4.69, 9.17) is 5.73 Å². The highest BCUT2D eigenvalue weighted by Gasteiger charge is 2.32. The van der Waals surface area contributed by atoms with Gasteiger partial charge in [0.2, 0.25) is 5.91 Å². The molecule has 0 aliphatic carbocycles. The van der Waals surface area contributed by atoms with E-state index in [9.17, 15) is 4.79 Å². The minimum Gasteiger partial charge on any atom is -0.369 e. The van der Waals surface area contributed by atoms with E-state index in [1.165, 1.54) is 0 Å². The molecule has 0 aromatic carbocycles. The van der Waals surface area contributed by atoms with E-state index in [1.807, 2.05) is 25.3 Å². The number of nitrogens with two attached hydrogens (primary N) is 1. The zero-order valence-corrected chi connectivity index (χ0v) is 8.73. The Balaban J connectivity index is 2.22. The van der Waals surface area contributed by atoms with Crippen LogP contribution in [0.15, 0.2) is 18.3 Å². The van der Waals surface area contributed by atoms with Crippen molar-refractivity contribution in [2.75, 3.05) is 13.1 Å². The summed E-state index contributed by atoms with van der Waals surface area (Å²) < 4.78 is 0. The number of nitrogens with zero attached hydrogens (tertiary/aromatic N) is 1. The summed E-state index contributed by atoms with van der Waals surface area (Å²) in [5.41, 5.74) is 7.43. The molecule has 0 bridgehead atoms. The van der Waals surface area contributed by atoms with Crippen LogP contribution in [-0.2, 0) is 4.79 Å². The van der Waals surface area contributed by atoms with Crippen molar-refractivity contribution >= 4 is 5.91 Å². The number of hydrogen-bond donors (Lipinski definition) is 2. The Morgan fingerprint density at radius 1 is 1.53 bits per heavy atom. The molecule has 15 heavy (non-hydrogen) atoms. The third-order valence-electron chi connectivity index (χ3n) is 2.94. The number of amides is 1. The lowest BCUT2D eigenvalue weighted by atomic mass is 9.89. The fraction of sp³-hybridized carbons (Fsp3) is 0.455. The van der Waals surface area contributed by atoms with E-state index in [0.717, 1.165) is 17.8 Å². The second-order valence-corrected chi connectivity index (χ2v) is 4.01. The number of hydrogen-bond acceptors (Lipinski definition) is 3. The van der Waals surface area contributed by atoms with Gasteiger partial charge in [-0.1, -0.05) is 6.07 Å². The molecule has 2 unspecified atom stereocenters. The van der Waals surface area contributed by atoms with Crippen molar-refractivity contribution in [3.8, 4) is 0 Å². The Hall–Kier alpha value is -1.42. The Bertz CT molecular complexity index is 361. The standard InChI is InChI=1S/C11H15N3O/c1-7-2-3-8(4-14-7)9-5-13-6-10(9)11(12)15/h2-4,9-10,13H,5-6H2,1H3,(H2,12,15). The average molecular weight is 205 g/mol. The molecular weight excluding hydrogens is 190 g/mol. The van der Waals surface area contributed by atoms with Gasteiger partial charge in [-0.15, -0.1) is 0 Å². The fourth-order valence-electron chi connectivity index (χ4n) is 2.03. The first kappa shape index (κ1) is 10.1. The second kappa shape index (κ2) is 3.98. The fourth-order valence-corrected chi connectivity index (χ4v) is 2.03. The van der Waals surface area contributed by atoms with Crippen LogP contribution in [0.4, 0.5) is 0 Å². The summed E-state index contributed by atoms with van der Waals surface area (Å²) in [5.74, 6) is -0.157. The predicted octanol–water partition coefficient (Wildman–Crippen LogP) is 0.178. The molecule has 4 heteroatoms. The van der Waals surface area contributed by atoms with Crippen molar-refractivity contribution in [3.63, 3.8) is 0 Å². The molecule has 1 aliphatic heterocycles. The van der Waals surface area contributed by atoms with E-state index in [1.54, 1.807) is 0 Å². The number of carbonyl (C=O) groups is 1. The first-order valence-corrected chi connectivity index (χ1v) is 5.11. The maximum absolute atomic E-state index is 11.2. The number of primary amides is 1. The average Bonchev–Trinajstić information content (AvgIpc) is 2.67. The van der Waals surface area contributed by atoms with Crippen molar-refractivity contribution in [1.82, 2.24) is 10.3 Å². The highest BCUT2D eigenvalue weighted by molar-refractivity contribution is 5.78. The molecule has 0 saturated carbocycles. The number of pyridine rings is 1. The minimum atomic E-state index is -0.231. The Morgan fingerprint density at radius 3 is 2.93 bits per heavy atom. The number of aromatic nitrogens is 1. The normalized spacial score (nSPS) is 25.4. The molecule has 1 aliphatic rings. The smallest absolute Gasteiger partial charge is 0.222 e. The van der Waals surface area contributed by atoms with Crippen molar-refractivity contribution in [1.29, 1.82) is 0 Å². The lowest BCUT2D eigenvalue weighted by Crippen LogP contribution is -2.28. The lowest BCUT2D eigenvalue weighted by Gasteiger charge is -2.15. The van der Waals surface area contributed by atoms with Gasteiger partial charge in [0.15, 0.2) is 0 Å². The van der Waals surface area contributed by atoms with Crippen LogP contribution < -0.4 is 11.1 Å². The van der Waals surface area contributed by atoms with Crippen LogP contribution in [-0.4, -0.2) is 24.0 Å². The van der Waals surface area contributed by atoms with Crippen molar-refractivity contribution < 1.29 is 4.79 Å². The third kappa shape index (κ3) is 1.99. The molecule has 1 fully saturated rings. The first-order valence-electron chi connectivity index (χ1n) is 5.11. The molecule has 1 aromatic heterocycles. The zero-order valence-electron chi connectivity index (χ0n) is 8.73. The van der Waals surface area contributed by atoms with Crippen LogP contribution >= 0.6 is 0 Å². The van der Waals surface area contributed by atoms with Gasteiger partial charge >= 0.3 is 0 Å². The topological polar surface area (TPSA) is 68.0 Å².